The highest BCUT2D eigenvalue weighted by Gasteiger charge is 2.46. The second-order valence-corrected chi connectivity index (χ2v) is 8.60. The predicted molar refractivity (Wildman–Crippen MR) is 112 cm³/mol. The Morgan fingerprint density at radius 1 is 1.20 bits per heavy atom. The lowest BCUT2D eigenvalue weighted by molar-refractivity contribution is -0.152. The molecule has 4 nitrogen and oxygen atoms in total. The first-order chi connectivity index (χ1) is 14.6. The van der Waals surface area contributed by atoms with E-state index in [-0.39, 0.29) is 42.3 Å². The van der Waals surface area contributed by atoms with Crippen molar-refractivity contribution in [2.45, 2.75) is 50.8 Å². The summed E-state index contributed by atoms with van der Waals surface area (Å²) in [4.78, 5) is 27.1. The van der Waals surface area contributed by atoms with E-state index in [1.54, 1.807) is 6.07 Å². The predicted octanol–water partition coefficient (Wildman–Crippen LogP) is 4.34. The van der Waals surface area contributed by atoms with E-state index >= 15 is 0 Å². The molecule has 0 aromatic heterocycles. The minimum Gasteiger partial charge on any atom is -0.460 e. The Morgan fingerprint density at radius 3 is 2.63 bits per heavy atom. The molecule has 1 saturated carbocycles. The van der Waals surface area contributed by atoms with Gasteiger partial charge in [-0.2, -0.15) is 0 Å². The van der Waals surface area contributed by atoms with Crippen molar-refractivity contribution in [1.29, 1.82) is 0 Å². The number of likely N-dealkylation sites (tertiary alicyclic amines) is 1. The third-order valence-electron chi connectivity index (χ3n) is 6.54. The van der Waals surface area contributed by atoms with Gasteiger partial charge < -0.3 is 9.53 Å². The van der Waals surface area contributed by atoms with Crippen LogP contribution in [0.25, 0.3) is 0 Å². The van der Waals surface area contributed by atoms with Crippen LogP contribution in [0.2, 0.25) is 0 Å². The van der Waals surface area contributed by atoms with Crippen molar-refractivity contribution < 1.29 is 18.7 Å². The Hall–Kier alpha value is -2.53. The molecule has 0 bridgehead atoms. The molecule has 1 heterocycles. The van der Waals surface area contributed by atoms with Crippen LogP contribution in [0.4, 0.5) is 4.39 Å². The zero-order chi connectivity index (χ0) is 21.1. The average molecular weight is 410 g/mol. The molecule has 2 aliphatic rings. The highest BCUT2D eigenvalue weighted by atomic mass is 19.1. The van der Waals surface area contributed by atoms with Crippen LogP contribution in [0, 0.1) is 17.7 Å². The lowest BCUT2D eigenvalue weighted by Gasteiger charge is -2.30. The van der Waals surface area contributed by atoms with Gasteiger partial charge in [-0.05, 0) is 42.5 Å². The molecule has 4 atom stereocenters. The van der Waals surface area contributed by atoms with Gasteiger partial charge in [-0.1, -0.05) is 55.3 Å². The van der Waals surface area contributed by atoms with E-state index in [0.29, 0.717) is 12.5 Å². The number of esters is 1. The van der Waals surface area contributed by atoms with Crippen molar-refractivity contribution in [2.24, 2.45) is 11.8 Å². The van der Waals surface area contributed by atoms with Crippen molar-refractivity contribution in [2.75, 3.05) is 6.54 Å². The number of ether oxygens (including phenoxy) is 1. The van der Waals surface area contributed by atoms with Gasteiger partial charge in [-0.15, -0.1) is 0 Å². The Balaban J connectivity index is 1.52. The van der Waals surface area contributed by atoms with Crippen LogP contribution in [0.3, 0.4) is 0 Å². The number of rotatable bonds is 8. The fourth-order valence-electron chi connectivity index (χ4n) is 4.62. The standard InChI is InChI=1S/C25H28FNO3/c1-17-23(15-28)22(20-8-5-9-21(26)13-20)14-27(17)24(12-18-10-11-18)25(29)30-16-19-6-3-2-4-7-19/h2-9,13,15,17-18,22-24H,10-12,14,16H2,1H3/t17?,22-,23+,24-/m1/s1. The lowest BCUT2D eigenvalue weighted by atomic mass is 9.87. The molecule has 5 heteroatoms. The van der Waals surface area contributed by atoms with Crippen molar-refractivity contribution in [1.82, 2.24) is 4.90 Å². The summed E-state index contributed by atoms with van der Waals surface area (Å²) in [5.74, 6) is -0.413. The summed E-state index contributed by atoms with van der Waals surface area (Å²) in [7, 11) is 0. The van der Waals surface area contributed by atoms with Gasteiger partial charge in [0.1, 0.15) is 24.8 Å². The van der Waals surface area contributed by atoms with Crippen molar-refractivity contribution in [3.8, 4) is 0 Å². The molecular formula is C25H28FNO3. The topological polar surface area (TPSA) is 46.6 Å². The number of aldehydes is 1. The second-order valence-electron chi connectivity index (χ2n) is 8.60. The molecule has 0 spiro atoms. The van der Waals surface area contributed by atoms with Crippen LogP contribution >= 0.6 is 0 Å². The fraction of sp³-hybridized carbons (Fsp3) is 0.440. The zero-order valence-corrected chi connectivity index (χ0v) is 17.2. The van der Waals surface area contributed by atoms with Crippen molar-refractivity contribution >= 4 is 12.3 Å². The molecule has 1 aliphatic heterocycles. The molecule has 158 valence electrons. The summed E-state index contributed by atoms with van der Waals surface area (Å²) in [6, 6.07) is 15.6. The summed E-state index contributed by atoms with van der Waals surface area (Å²) in [5.41, 5.74) is 1.76. The first kappa shape index (κ1) is 20.7. The number of hydrogen-bond donors (Lipinski definition) is 0. The zero-order valence-electron chi connectivity index (χ0n) is 17.2. The number of nitrogens with zero attached hydrogens (tertiary/aromatic N) is 1. The first-order valence-corrected chi connectivity index (χ1v) is 10.7. The maximum absolute atomic E-state index is 13.8. The van der Waals surface area contributed by atoms with Gasteiger partial charge in [0.15, 0.2) is 0 Å². The SMILES string of the molecule is CC1[C@H](C=O)[C@@H](c2cccc(F)c2)CN1[C@H](CC1CC1)C(=O)OCc1ccccc1. The second kappa shape index (κ2) is 9.09. The lowest BCUT2D eigenvalue weighted by Crippen LogP contribution is -2.45. The van der Waals surface area contributed by atoms with E-state index in [1.165, 1.54) is 12.1 Å². The molecule has 0 N–H and O–H groups in total. The summed E-state index contributed by atoms with van der Waals surface area (Å²) < 4.78 is 19.5. The number of halogens is 1. The van der Waals surface area contributed by atoms with E-state index < -0.39 is 0 Å². The third kappa shape index (κ3) is 4.62. The summed E-state index contributed by atoms with van der Waals surface area (Å²) in [6.07, 6.45) is 3.98. The summed E-state index contributed by atoms with van der Waals surface area (Å²) >= 11 is 0. The fourth-order valence-corrected chi connectivity index (χ4v) is 4.62. The molecular weight excluding hydrogens is 381 g/mol. The monoisotopic (exact) mass is 409 g/mol. The van der Waals surface area contributed by atoms with E-state index in [2.05, 4.69) is 4.90 Å². The van der Waals surface area contributed by atoms with Gasteiger partial charge in [0.2, 0.25) is 0 Å². The molecule has 2 fully saturated rings. The average Bonchev–Trinajstić information content (AvgIpc) is 3.52. The minimum atomic E-state index is -0.378. The van der Waals surface area contributed by atoms with E-state index in [9.17, 15) is 14.0 Å². The number of carbonyl (C=O) groups is 2. The number of carbonyl (C=O) groups excluding carboxylic acids is 2. The highest BCUT2D eigenvalue weighted by Crippen LogP contribution is 2.41. The van der Waals surface area contributed by atoms with Gasteiger partial charge >= 0.3 is 5.97 Å². The number of hydrogen-bond acceptors (Lipinski definition) is 4. The van der Waals surface area contributed by atoms with E-state index in [0.717, 1.165) is 36.7 Å². The van der Waals surface area contributed by atoms with Gasteiger partial charge in [0.25, 0.3) is 0 Å². The minimum absolute atomic E-state index is 0.108. The van der Waals surface area contributed by atoms with Crippen LogP contribution in [-0.4, -0.2) is 35.8 Å². The molecule has 0 radical (unpaired) electrons. The van der Waals surface area contributed by atoms with Gasteiger partial charge in [0, 0.05) is 24.4 Å². The van der Waals surface area contributed by atoms with Gasteiger partial charge in [-0.3, -0.25) is 9.69 Å². The van der Waals surface area contributed by atoms with E-state index in [4.69, 9.17) is 4.74 Å². The molecule has 30 heavy (non-hydrogen) atoms. The van der Waals surface area contributed by atoms with Crippen LogP contribution in [0.15, 0.2) is 54.6 Å². The molecule has 1 saturated heterocycles. The van der Waals surface area contributed by atoms with Crippen LogP contribution in [-0.2, 0) is 20.9 Å². The third-order valence-corrected chi connectivity index (χ3v) is 6.54. The maximum atomic E-state index is 13.8. The Morgan fingerprint density at radius 2 is 1.97 bits per heavy atom. The highest BCUT2D eigenvalue weighted by molar-refractivity contribution is 5.76. The normalized spacial score (nSPS) is 25.1. The summed E-state index contributed by atoms with van der Waals surface area (Å²) in [5, 5.41) is 0. The van der Waals surface area contributed by atoms with Gasteiger partial charge in [0.05, 0.1) is 0 Å². The van der Waals surface area contributed by atoms with Crippen molar-refractivity contribution in [3.05, 3.63) is 71.5 Å². The van der Waals surface area contributed by atoms with Gasteiger partial charge in [-0.25, -0.2) is 4.39 Å². The molecule has 0 amide bonds. The van der Waals surface area contributed by atoms with Crippen LogP contribution < -0.4 is 0 Å². The molecule has 2 aromatic rings. The molecule has 1 aliphatic carbocycles. The quantitative estimate of drug-likeness (QED) is 0.481. The summed E-state index contributed by atoms with van der Waals surface area (Å²) in [6.45, 7) is 2.78. The number of benzene rings is 2. The Kier molecular flexibility index (Phi) is 6.28. The van der Waals surface area contributed by atoms with Crippen LogP contribution in [0.1, 0.15) is 43.2 Å². The largest absolute Gasteiger partial charge is 0.460 e. The molecule has 4 rings (SSSR count). The smallest absolute Gasteiger partial charge is 0.323 e. The first-order valence-electron chi connectivity index (χ1n) is 10.7. The maximum Gasteiger partial charge on any atom is 0.323 e. The Bertz CT molecular complexity index is 883. The van der Waals surface area contributed by atoms with Crippen LogP contribution in [0.5, 0.6) is 0 Å². The molecule has 2 aromatic carbocycles. The Labute approximate surface area is 177 Å². The van der Waals surface area contributed by atoms with E-state index in [1.807, 2.05) is 43.3 Å². The van der Waals surface area contributed by atoms with Crippen molar-refractivity contribution in [3.63, 3.8) is 0 Å². The molecule has 1 unspecified atom stereocenters.